The van der Waals surface area contributed by atoms with Gasteiger partial charge in [0.1, 0.15) is 0 Å². The van der Waals surface area contributed by atoms with E-state index >= 15 is 0 Å². The Kier molecular flexibility index (Phi) is 7.05. The summed E-state index contributed by atoms with van der Waals surface area (Å²) in [6.07, 6.45) is 3.87. The number of aryl methyl sites for hydroxylation is 2. The minimum atomic E-state index is -0.0404. The lowest BCUT2D eigenvalue weighted by Crippen LogP contribution is -2.37. The predicted molar refractivity (Wildman–Crippen MR) is 129 cm³/mol. The Balaban J connectivity index is 1.40. The van der Waals surface area contributed by atoms with Crippen molar-refractivity contribution in [3.63, 3.8) is 0 Å². The predicted octanol–water partition coefficient (Wildman–Crippen LogP) is 4.85. The van der Waals surface area contributed by atoms with E-state index in [1.807, 2.05) is 35.9 Å². The Morgan fingerprint density at radius 2 is 1.84 bits per heavy atom. The Labute approximate surface area is 191 Å². The van der Waals surface area contributed by atoms with E-state index in [0.717, 1.165) is 30.0 Å². The van der Waals surface area contributed by atoms with Crippen LogP contribution >= 0.6 is 0 Å². The third-order valence-electron chi connectivity index (χ3n) is 6.50. The molecule has 3 aromatic rings. The molecule has 2 aromatic carbocycles. The van der Waals surface area contributed by atoms with Crippen LogP contribution in [-0.2, 0) is 19.6 Å². The lowest BCUT2D eigenvalue weighted by atomic mass is 10.0. The maximum Gasteiger partial charge on any atom is 0.251 e. The number of rotatable bonds is 7. The van der Waals surface area contributed by atoms with E-state index in [4.69, 9.17) is 0 Å². The molecule has 1 amide bonds. The van der Waals surface area contributed by atoms with Gasteiger partial charge in [-0.1, -0.05) is 42.8 Å². The maximum atomic E-state index is 12.9. The third-order valence-corrected chi connectivity index (χ3v) is 6.50. The molecule has 0 spiro atoms. The number of likely N-dealkylation sites (tertiary alicyclic amines) is 1. The van der Waals surface area contributed by atoms with Gasteiger partial charge in [-0.15, -0.1) is 0 Å². The molecule has 1 aliphatic heterocycles. The third kappa shape index (κ3) is 5.46. The highest BCUT2D eigenvalue weighted by molar-refractivity contribution is 5.94. The average molecular weight is 431 g/mol. The van der Waals surface area contributed by atoms with Gasteiger partial charge in [-0.3, -0.25) is 14.4 Å². The molecule has 5 heteroatoms. The fraction of sp³-hybridized carbons (Fsp3) is 0.407. The van der Waals surface area contributed by atoms with Gasteiger partial charge >= 0.3 is 0 Å². The van der Waals surface area contributed by atoms with Crippen LogP contribution in [0.5, 0.6) is 0 Å². The van der Waals surface area contributed by atoms with Crippen molar-refractivity contribution in [2.45, 2.75) is 65.7 Å². The van der Waals surface area contributed by atoms with Crippen molar-refractivity contribution < 1.29 is 4.79 Å². The van der Waals surface area contributed by atoms with Crippen LogP contribution < -0.4 is 5.32 Å². The van der Waals surface area contributed by atoms with Crippen LogP contribution in [0, 0.1) is 13.8 Å². The lowest BCUT2D eigenvalue weighted by Gasteiger charge is -2.33. The van der Waals surface area contributed by atoms with E-state index in [0.29, 0.717) is 24.7 Å². The van der Waals surface area contributed by atoms with Crippen molar-refractivity contribution in [1.29, 1.82) is 0 Å². The van der Waals surface area contributed by atoms with Crippen molar-refractivity contribution in [3.05, 3.63) is 88.2 Å². The van der Waals surface area contributed by atoms with Crippen molar-refractivity contribution in [3.8, 4) is 0 Å². The van der Waals surface area contributed by atoms with Crippen LogP contribution in [0.15, 0.2) is 54.6 Å². The highest BCUT2D eigenvalue weighted by Gasteiger charge is 2.19. The molecule has 32 heavy (non-hydrogen) atoms. The van der Waals surface area contributed by atoms with Gasteiger partial charge in [0.05, 0.1) is 12.2 Å². The molecule has 1 saturated heterocycles. The fourth-order valence-corrected chi connectivity index (χ4v) is 4.59. The maximum absolute atomic E-state index is 12.9. The van der Waals surface area contributed by atoms with E-state index in [-0.39, 0.29) is 5.91 Å². The standard InChI is InChI=1S/C27H34N4O/c1-20-15-22(3)31(29-20)18-23-10-8-13-24(16-23)27(32)28-17-25-11-4-5-12-26(25)19-30-14-7-6-9-21(30)2/h4-5,8,10-13,15-16,21H,6-7,9,14,17-19H2,1-3H3,(H,28,32). The summed E-state index contributed by atoms with van der Waals surface area (Å²) < 4.78 is 1.98. The Morgan fingerprint density at radius 1 is 1.03 bits per heavy atom. The van der Waals surface area contributed by atoms with Gasteiger partial charge in [0.15, 0.2) is 0 Å². The zero-order chi connectivity index (χ0) is 22.5. The molecule has 1 fully saturated rings. The second-order valence-corrected chi connectivity index (χ2v) is 9.05. The second-order valence-electron chi connectivity index (χ2n) is 9.05. The highest BCUT2D eigenvalue weighted by atomic mass is 16.1. The molecular formula is C27H34N4O. The van der Waals surface area contributed by atoms with Crippen LogP contribution in [0.1, 0.15) is 64.6 Å². The first-order chi connectivity index (χ1) is 15.5. The highest BCUT2D eigenvalue weighted by Crippen LogP contribution is 2.21. The number of piperidine rings is 1. The van der Waals surface area contributed by atoms with Crippen molar-refractivity contribution >= 4 is 5.91 Å². The summed E-state index contributed by atoms with van der Waals surface area (Å²) in [5.74, 6) is -0.0404. The second kappa shape index (κ2) is 10.1. The van der Waals surface area contributed by atoms with Crippen LogP contribution in [0.2, 0.25) is 0 Å². The summed E-state index contributed by atoms with van der Waals surface area (Å²) >= 11 is 0. The zero-order valence-corrected chi connectivity index (χ0v) is 19.5. The summed E-state index contributed by atoms with van der Waals surface area (Å²) in [4.78, 5) is 15.5. The van der Waals surface area contributed by atoms with Gasteiger partial charge in [-0.25, -0.2) is 0 Å². The topological polar surface area (TPSA) is 50.2 Å². The number of amides is 1. The first-order valence-corrected chi connectivity index (χ1v) is 11.7. The monoisotopic (exact) mass is 430 g/mol. The van der Waals surface area contributed by atoms with Crippen molar-refractivity contribution in [2.24, 2.45) is 0 Å². The minimum Gasteiger partial charge on any atom is -0.348 e. The SMILES string of the molecule is Cc1cc(C)n(Cc2cccc(C(=O)NCc3ccccc3CN3CCCCC3C)c2)n1. The van der Waals surface area contributed by atoms with Gasteiger partial charge in [-0.2, -0.15) is 5.10 Å². The minimum absolute atomic E-state index is 0.0404. The van der Waals surface area contributed by atoms with Crippen molar-refractivity contribution in [1.82, 2.24) is 20.0 Å². The fourth-order valence-electron chi connectivity index (χ4n) is 4.59. The van der Waals surface area contributed by atoms with E-state index in [2.05, 4.69) is 59.5 Å². The number of nitrogens with one attached hydrogen (secondary N) is 1. The molecule has 1 N–H and O–H groups in total. The first kappa shape index (κ1) is 22.3. The Morgan fingerprint density at radius 3 is 2.59 bits per heavy atom. The van der Waals surface area contributed by atoms with Gasteiger partial charge in [0.25, 0.3) is 5.91 Å². The molecule has 0 radical (unpaired) electrons. The Bertz CT molecular complexity index is 1070. The molecule has 0 aliphatic carbocycles. The normalized spacial score (nSPS) is 16.8. The summed E-state index contributed by atoms with van der Waals surface area (Å²) in [5.41, 5.74) is 6.39. The Hall–Kier alpha value is -2.92. The molecule has 168 valence electrons. The molecule has 0 saturated carbocycles. The molecule has 1 unspecified atom stereocenters. The van der Waals surface area contributed by atoms with Crippen LogP contribution in [0.25, 0.3) is 0 Å². The van der Waals surface area contributed by atoms with Gasteiger partial charge in [0.2, 0.25) is 0 Å². The van der Waals surface area contributed by atoms with Crippen LogP contribution in [0.3, 0.4) is 0 Å². The van der Waals surface area contributed by atoms with E-state index in [1.165, 1.54) is 30.4 Å². The molecule has 1 atom stereocenters. The van der Waals surface area contributed by atoms with Gasteiger partial charge in [-0.05, 0) is 75.0 Å². The van der Waals surface area contributed by atoms with E-state index in [9.17, 15) is 4.79 Å². The lowest BCUT2D eigenvalue weighted by molar-refractivity contribution is 0.0950. The van der Waals surface area contributed by atoms with E-state index < -0.39 is 0 Å². The number of hydrogen-bond acceptors (Lipinski definition) is 3. The van der Waals surface area contributed by atoms with Gasteiger partial charge < -0.3 is 5.32 Å². The summed E-state index contributed by atoms with van der Waals surface area (Å²) in [6.45, 7) is 9.68. The number of carbonyl (C=O) groups is 1. The zero-order valence-electron chi connectivity index (χ0n) is 19.5. The summed E-state index contributed by atoms with van der Waals surface area (Å²) in [6, 6.07) is 19.0. The summed E-state index contributed by atoms with van der Waals surface area (Å²) in [7, 11) is 0. The number of carbonyl (C=O) groups excluding carboxylic acids is 1. The largest absolute Gasteiger partial charge is 0.348 e. The molecule has 1 aromatic heterocycles. The van der Waals surface area contributed by atoms with Gasteiger partial charge in [0, 0.05) is 30.4 Å². The number of aromatic nitrogens is 2. The average Bonchev–Trinajstić information content (AvgIpc) is 3.11. The quantitative estimate of drug-likeness (QED) is 0.583. The molecule has 4 rings (SSSR count). The number of benzene rings is 2. The smallest absolute Gasteiger partial charge is 0.251 e. The van der Waals surface area contributed by atoms with Crippen LogP contribution in [-0.4, -0.2) is 33.2 Å². The van der Waals surface area contributed by atoms with Crippen LogP contribution in [0.4, 0.5) is 0 Å². The molecular weight excluding hydrogens is 396 g/mol. The number of nitrogens with zero attached hydrogens (tertiary/aromatic N) is 3. The summed E-state index contributed by atoms with van der Waals surface area (Å²) in [5, 5.41) is 7.66. The molecule has 0 bridgehead atoms. The molecule has 5 nitrogen and oxygen atoms in total. The first-order valence-electron chi connectivity index (χ1n) is 11.7. The van der Waals surface area contributed by atoms with Crippen molar-refractivity contribution in [2.75, 3.05) is 6.54 Å². The number of hydrogen-bond donors (Lipinski definition) is 1. The van der Waals surface area contributed by atoms with E-state index in [1.54, 1.807) is 0 Å². The molecule has 1 aliphatic rings. The molecule has 2 heterocycles.